The van der Waals surface area contributed by atoms with E-state index in [0.717, 1.165) is 22.8 Å². The molecule has 0 atom stereocenters. The van der Waals surface area contributed by atoms with Crippen LogP contribution in [0, 0.1) is 6.92 Å². The number of hydrogen-bond donors (Lipinski definition) is 0. The second kappa shape index (κ2) is 8.92. The Kier molecular flexibility index (Phi) is 7.18. The number of hydrogen-bond acceptors (Lipinski definition) is 4. The lowest BCUT2D eigenvalue weighted by molar-refractivity contribution is 0.309. The normalized spacial score (nSPS) is 11.3. The highest BCUT2D eigenvalue weighted by Gasteiger charge is 2.20. The summed E-state index contributed by atoms with van der Waals surface area (Å²) in [7, 11) is -4.00. The average Bonchev–Trinajstić information content (AvgIpc) is 2.51. The van der Waals surface area contributed by atoms with Gasteiger partial charge in [-0.2, -0.15) is 8.42 Å². The molecule has 2 aromatic carbocycles. The van der Waals surface area contributed by atoms with E-state index in [2.05, 4.69) is 22.6 Å². The van der Waals surface area contributed by atoms with Crippen LogP contribution in [0.2, 0.25) is 5.02 Å². The number of benzene rings is 2. The van der Waals surface area contributed by atoms with E-state index in [1.54, 1.807) is 24.3 Å². The van der Waals surface area contributed by atoms with Crippen molar-refractivity contribution in [3.63, 3.8) is 0 Å². The van der Waals surface area contributed by atoms with Crippen molar-refractivity contribution in [2.45, 2.75) is 24.7 Å². The van der Waals surface area contributed by atoms with Crippen molar-refractivity contribution in [3.8, 4) is 11.5 Å². The minimum Gasteiger partial charge on any atom is -0.493 e. The molecule has 0 unspecified atom stereocenters. The minimum atomic E-state index is -4.00. The molecule has 130 valence electrons. The van der Waals surface area contributed by atoms with Gasteiger partial charge in [-0.05, 0) is 54.0 Å². The maximum atomic E-state index is 12.4. The SMILES string of the molecule is Cc1cc(OCCCCI)cc(OS(=O)(=O)c2ccccc2Cl)c1. The van der Waals surface area contributed by atoms with E-state index in [4.69, 9.17) is 20.5 Å². The van der Waals surface area contributed by atoms with E-state index in [-0.39, 0.29) is 15.7 Å². The van der Waals surface area contributed by atoms with Crippen LogP contribution >= 0.6 is 34.2 Å². The number of unbranched alkanes of at least 4 members (excludes halogenated alkanes) is 1. The van der Waals surface area contributed by atoms with Crippen LogP contribution in [-0.2, 0) is 10.1 Å². The van der Waals surface area contributed by atoms with Gasteiger partial charge >= 0.3 is 10.1 Å². The van der Waals surface area contributed by atoms with Crippen molar-refractivity contribution in [1.82, 2.24) is 0 Å². The molecule has 0 saturated heterocycles. The van der Waals surface area contributed by atoms with Crippen molar-refractivity contribution in [1.29, 1.82) is 0 Å². The van der Waals surface area contributed by atoms with Crippen molar-refractivity contribution in [2.75, 3.05) is 11.0 Å². The van der Waals surface area contributed by atoms with Crippen LogP contribution in [-0.4, -0.2) is 19.5 Å². The second-order valence-electron chi connectivity index (χ2n) is 5.19. The standard InChI is InChI=1S/C17H18ClIO4S/c1-13-10-14(22-9-5-4-8-19)12-15(11-13)23-24(20,21)17-7-3-2-6-16(17)18/h2-3,6-7,10-12H,4-5,8-9H2,1H3. The van der Waals surface area contributed by atoms with E-state index < -0.39 is 10.1 Å². The third-order valence-electron chi connectivity index (χ3n) is 3.13. The van der Waals surface area contributed by atoms with Gasteiger partial charge in [-0.15, -0.1) is 0 Å². The molecule has 24 heavy (non-hydrogen) atoms. The summed E-state index contributed by atoms with van der Waals surface area (Å²) in [6.07, 6.45) is 2.03. The van der Waals surface area contributed by atoms with E-state index >= 15 is 0 Å². The zero-order valence-corrected chi connectivity index (χ0v) is 16.9. The van der Waals surface area contributed by atoms with Gasteiger partial charge in [0.1, 0.15) is 16.4 Å². The largest absolute Gasteiger partial charge is 0.493 e. The summed E-state index contributed by atoms with van der Waals surface area (Å²) < 4.78 is 36.8. The van der Waals surface area contributed by atoms with Gasteiger partial charge in [0, 0.05) is 6.07 Å². The molecule has 2 rings (SSSR count). The summed E-state index contributed by atoms with van der Waals surface area (Å²) in [4.78, 5) is -0.0577. The Morgan fingerprint density at radius 1 is 1.08 bits per heavy atom. The molecule has 0 heterocycles. The molecule has 0 aliphatic heterocycles. The van der Waals surface area contributed by atoms with E-state index in [1.807, 2.05) is 13.0 Å². The molecule has 0 amide bonds. The van der Waals surface area contributed by atoms with Gasteiger partial charge in [-0.1, -0.05) is 46.3 Å². The summed E-state index contributed by atoms with van der Waals surface area (Å²) >= 11 is 8.27. The molecule has 0 saturated carbocycles. The molecule has 0 aromatic heterocycles. The first-order valence-corrected chi connectivity index (χ1v) is 10.7. The molecule has 2 aromatic rings. The van der Waals surface area contributed by atoms with Gasteiger partial charge < -0.3 is 8.92 Å². The topological polar surface area (TPSA) is 52.6 Å². The zero-order chi connectivity index (χ0) is 17.6. The summed E-state index contributed by atoms with van der Waals surface area (Å²) in [6.45, 7) is 2.44. The number of halogens is 2. The predicted octanol–water partition coefficient (Wildman–Crippen LogP) is 5.01. The highest BCUT2D eigenvalue weighted by molar-refractivity contribution is 14.1. The van der Waals surface area contributed by atoms with Gasteiger partial charge in [0.2, 0.25) is 0 Å². The summed E-state index contributed by atoms with van der Waals surface area (Å²) in [5.41, 5.74) is 0.853. The van der Waals surface area contributed by atoms with E-state index in [1.165, 1.54) is 12.1 Å². The molecule has 0 aliphatic carbocycles. The van der Waals surface area contributed by atoms with E-state index in [0.29, 0.717) is 12.4 Å². The van der Waals surface area contributed by atoms with E-state index in [9.17, 15) is 8.42 Å². The van der Waals surface area contributed by atoms with Crippen LogP contribution in [0.15, 0.2) is 47.4 Å². The van der Waals surface area contributed by atoms with Crippen LogP contribution in [0.3, 0.4) is 0 Å². The van der Waals surface area contributed by atoms with Crippen LogP contribution < -0.4 is 8.92 Å². The molecule has 0 radical (unpaired) electrons. The second-order valence-corrected chi connectivity index (χ2v) is 8.19. The van der Waals surface area contributed by atoms with Crippen LogP contribution in [0.1, 0.15) is 18.4 Å². The molecule has 0 bridgehead atoms. The Morgan fingerprint density at radius 2 is 1.79 bits per heavy atom. The van der Waals surface area contributed by atoms with Gasteiger partial charge in [0.25, 0.3) is 0 Å². The Labute approximate surface area is 161 Å². The first kappa shape index (κ1) is 19.3. The smallest absolute Gasteiger partial charge is 0.340 e. The maximum Gasteiger partial charge on any atom is 0.340 e. The molecule has 7 heteroatoms. The lowest BCUT2D eigenvalue weighted by atomic mass is 10.2. The molecular weight excluding hydrogens is 463 g/mol. The van der Waals surface area contributed by atoms with Crippen molar-refractivity contribution < 1.29 is 17.3 Å². The Morgan fingerprint density at radius 3 is 2.50 bits per heavy atom. The fraction of sp³-hybridized carbons (Fsp3) is 0.294. The lowest BCUT2D eigenvalue weighted by Gasteiger charge is -2.11. The first-order chi connectivity index (χ1) is 11.4. The number of rotatable bonds is 8. The molecule has 0 fully saturated rings. The Balaban J connectivity index is 2.17. The lowest BCUT2D eigenvalue weighted by Crippen LogP contribution is -2.10. The predicted molar refractivity (Wildman–Crippen MR) is 104 cm³/mol. The maximum absolute atomic E-state index is 12.4. The highest BCUT2D eigenvalue weighted by atomic mass is 127. The average molecular weight is 481 g/mol. The third-order valence-corrected chi connectivity index (χ3v) is 5.64. The molecule has 0 aliphatic rings. The number of ether oxygens (including phenoxy) is 1. The first-order valence-electron chi connectivity index (χ1n) is 7.42. The van der Waals surface area contributed by atoms with Gasteiger partial charge in [0.15, 0.2) is 0 Å². The quantitative estimate of drug-likeness (QED) is 0.231. The summed E-state index contributed by atoms with van der Waals surface area (Å²) in [6, 6.07) is 11.2. The molecule has 0 N–H and O–H groups in total. The van der Waals surface area contributed by atoms with Gasteiger partial charge in [-0.3, -0.25) is 0 Å². The molecular formula is C17H18ClIO4S. The summed E-state index contributed by atoms with van der Waals surface area (Å²) in [5.74, 6) is 0.798. The molecule has 4 nitrogen and oxygen atoms in total. The number of alkyl halides is 1. The van der Waals surface area contributed by atoms with Crippen molar-refractivity contribution in [3.05, 3.63) is 53.1 Å². The number of aryl methyl sites for hydroxylation is 1. The molecule has 0 spiro atoms. The van der Waals surface area contributed by atoms with Gasteiger partial charge in [-0.25, -0.2) is 0 Å². The fourth-order valence-corrected chi connectivity index (χ4v) is 4.00. The highest BCUT2D eigenvalue weighted by Crippen LogP contribution is 2.28. The third kappa shape index (κ3) is 5.53. The van der Waals surface area contributed by atoms with Crippen molar-refractivity contribution >= 4 is 44.3 Å². The summed E-state index contributed by atoms with van der Waals surface area (Å²) in [5, 5.41) is 0.125. The minimum absolute atomic E-state index is 0.0577. The fourth-order valence-electron chi connectivity index (χ4n) is 2.05. The zero-order valence-electron chi connectivity index (χ0n) is 13.2. The van der Waals surface area contributed by atoms with Crippen LogP contribution in [0.25, 0.3) is 0 Å². The Bertz CT molecular complexity index is 793. The van der Waals surface area contributed by atoms with Gasteiger partial charge in [0.05, 0.1) is 11.6 Å². The van der Waals surface area contributed by atoms with Crippen molar-refractivity contribution in [2.24, 2.45) is 0 Å². The van der Waals surface area contributed by atoms with Crippen LogP contribution in [0.4, 0.5) is 0 Å². The van der Waals surface area contributed by atoms with Crippen LogP contribution in [0.5, 0.6) is 11.5 Å². The monoisotopic (exact) mass is 480 g/mol. The Hall–Kier alpha value is -0.990.